The molecule has 342 valence electrons. The number of hydrogen-bond donors (Lipinski definition) is 2. The van der Waals surface area contributed by atoms with Crippen molar-refractivity contribution in [1.29, 1.82) is 0 Å². The minimum Gasteiger partial charge on any atom is -0.368 e. The highest BCUT2D eigenvalue weighted by molar-refractivity contribution is 6.28. The average molecular weight is 935 g/mol. The quantitative estimate of drug-likeness (QED) is 0.130. The minimum atomic E-state index is -0.736. The van der Waals surface area contributed by atoms with E-state index >= 15 is 0 Å². The van der Waals surface area contributed by atoms with Crippen molar-refractivity contribution in [3.05, 3.63) is 156 Å². The van der Waals surface area contributed by atoms with Gasteiger partial charge in [-0.2, -0.15) is 0 Å². The Bertz CT molecular complexity index is 3510. The van der Waals surface area contributed by atoms with E-state index in [2.05, 4.69) is 59.3 Å². The number of nitrogens with zero attached hydrogens (tertiary/aromatic N) is 8. The molecular formula is C53H43ClN10O5. The van der Waals surface area contributed by atoms with Crippen LogP contribution >= 0.6 is 11.6 Å². The van der Waals surface area contributed by atoms with E-state index in [1.165, 1.54) is 10.5 Å². The molecule has 8 heterocycles. The van der Waals surface area contributed by atoms with Crippen LogP contribution in [0.2, 0.25) is 5.28 Å². The van der Waals surface area contributed by atoms with Crippen molar-refractivity contribution in [3.8, 4) is 33.4 Å². The van der Waals surface area contributed by atoms with Gasteiger partial charge in [0.15, 0.2) is 0 Å². The van der Waals surface area contributed by atoms with E-state index in [9.17, 15) is 14.4 Å². The fourth-order valence-electron chi connectivity index (χ4n) is 8.32. The molecule has 3 N–H and O–H groups in total. The number of carbonyl (C=O) groups excluding carboxylic acids is 3. The predicted octanol–water partition coefficient (Wildman–Crippen LogP) is 9.46. The average Bonchev–Trinajstić information content (AvgIpc) is 3.30. The number of anilines is 3. The molecule has 6 aromatic heterocycles. The van der Waals surface area contributed by atoms with Crippen LogP contribution in [0.15, 0.2) is 128 Å². The molecule has 2 aliphatic rings. The summed E-state index contributed by atoms with van der Waals surface area (Å²) in [5, 5.41) is 7.95. The summed E-state index contributed by atoms with van der Waals surface area (Å²) in [4.78, 5) is 70.4. The molecule has 3 amide bonds. The zero-order valence-corrected chi connectivity index (χ0v) is 38.4. The van der Waals surface area contributed by atoms with Crippen molar-refractivity contribution >= 4 is 79.1 Å². The van der Waals surface area contributed by atoms with Crippen LogP contribution in [0.3, 0.4) is 0 Å². The largest absolute Gasteiger partial charge is 0.368 e. The van der Waals surface area contributed by atoms with Gasteiger partial charge in [-0.05, 0) is 125 Å². The van der Waals surface area contributed by atoms with Crippen LogP contribution < -0.4 is 16.0 Å². The van der Waals surface area contributed by atoms with Crippen molar-refractivity contribution in [2.75, 3.05) is 23.4 Å². The van der Waals surface area contributed by atoms with Crippen molar-refractivity contribution in [1.82, 2.24) is 34.9 Å². The zero-order valence-electron chi connectivity index (χ0n) is 37.7. The Morgan fingerprint density at radius 1 is 0.623 bits per heavy atom. The summed E-state index contributed by atoms with van der Waals surface area (Å²) in [7, 11) is 0. The standard InChI is InChI=1S/C34H26ClN7O3.C19H17N3O2/c1-18-7-9-37-16-26(18)21-4-3-20-13-29(38-15-24(20)11-21)42(33(44)28-8-10-45-28)30-14-23-6-5-22(12-25(23)31(41-30)32(36)43)27-17-39-34(35)40-19(27)2;1-12-4-6-20-11-16(12)14-3-2-13-9-18(21-10-15(13)8-14)22-19(23)17-5-7-24-17/h3-7,9,11-17,28H,8,10H2,1-2H3,(H2,36,43);2-4,6,8-11,17H,5,7H2,1H3,(H,21,22,23)/t28-;17-/m10/s1. The number of hydrogen-bond acceptors (Lipinski definition) is 12. The zero-order chi connectivity index (χ0) is 47.8. The van der Waals surface area contributed by atoms with Crippen LogP contribution in [0.25, 0.3) is 65.7 Å². The van der Waals surface area contributed by atoms with Gasteiger partial charge in [0.2, 0.25) is 5.28 Å². The minimum absolute atomic E-state index is 0.0153. The van der Waals surface area contributed by atoms with Gasteiger partial charge < -0.3 is 20.5 Å². The maximum absolute atomic E-state index is 13.8. The van der Waals surface area contributed by atoms with Gasteiger partial charge in [0.25, 0.3) is 17.7 Å². The fraction of sp³-hybridized carbons (Fsp3) is 0.170. The first-order chi connectivity index (χ1) is 33.5. The van der Waals surface area contributed by atoms with Crippen molar-refractivity contribution in [2.45, 2.75) is 45.8 Å². The molecule has 2 fully saturated rings. The van der Waals surface area contributed by atoms with Crippen LogP contribution in [0.1, 0.15) is 40.2 Å². The number of fused-ring (bicyclic) bond motifs is 3. The molecule has 69 heavy (non-hydrogen) atoms. The number of pyridine rings is 5. The van der Waals surface area contributed by atoms with Gasteiger partial charge in [-0.3, -0.25) is 24.4 Å². The number of carbonyl (C=O) groups is 3. The van der Waals surface area contributed by atoms with Gasteiger partial charge in [0.05, 0.1) is 18.9 Å². The molecular weight excluding hydrogens is 892 g/mol. The van der Waals surface area contributed by atoms with E-state index in [0.29, 0.717) is 47.7 Å². The summed E-state index contributed by atoms with van der Waals surface area (Å²) >= 11 is 5.95. The third kappa shape index (κ3) is 9.18. The number of halogens is 1. The smallest absolute Gasteiger partial charge is 0.268 e. The Hall–Kier alpha value is -8.11. The lowest BCUT2D eigenvalue weighted by atomic mass is 10.00. The molecule has 16 heteroatoms. The third-order valence-electron chi connectivity index (χ3n) is 12.3. The normalized spacial score (nSPS) is 15.1. The third-order valence-corrected chi connectivity index (χ3v) is 12.5. The van der Waals surface area contributed by atoms with Crippen LogP contribution in [0.4, 0.5) is 17.5 Å². The second-order valence-corrected chi connectivity index (χ2v) is 17.2. The molecule has 2 saturated heterocycles. The second-order valence-electron chi connectivity index (χ2n) is 16.8. The Balaban J connectivity index is 0.000000193. The lowest BCUT2D eigenvalue weighted by Crippen LogP contribution is -2.44. The van der Waals surface area contributed by atoms with E-state index in [1.54, 1.807) is 37.1 Å². The molecule has 0 aliphatic carbocycles. The molecule has 3 aromatic carbocycles. The molecule has 15 nitrogen and oxygen atoms in total. The van der Waals surface area contributed by atoms with E-state index in [0.717, 1.165) is 66.9 Å². The first-order valence-corrected chi connectivity index (χ1v) is 22.6. The number of rotatable bonds is 9. The maximum Gasteiger partial charge on any atom is 0.268 e. The lowest BCUT2D eigenvalue weighted by molar-refractivity contribution is -0.141. The summed E-state index contributed by atoms with van der Waals surface area (Å²) in [6.07, 6.45) is 12.8. The van der Waals surface area contributed by atoms with Gasteiger partial charge in [-0.15, -0.1) is 0 Å². The topological polar surface area (TPSA) is 201 Å². The Labute approximate surface area is 400 Å². The molecule has 0 bridgehead atoms. The number of aromatic nitrogens is 7. The number of ether oxygens (including phenoxy) is 2. The van der Waals surface area contributed by atoms with Gasteiger partial charge in [-0.25, -0.2) is 29.8 Å². The van der Waals surface area contributed by atoms with Crippen LogP contribution in [-0.2, 0) is 19.1 Å². The Morgan fingerprint density at radius 3 is 1.78 bits per heavy atom. The molecule has 2 atom stereocenters. The molecule has 2 aliphatic heterocycles. The first kappa shape index (κ1) is 44.7. The summed E-state index contributed by atoms with van der Waals surface area (Å²) < 4.78 is 10.7. The molecule has 0 saturated carbocycles. The van der Waals surface area contributed by atoms with E-state index in [1.807, 2.05) is 93.0 Å². The molecule has 0 unspecified atom stereocenters. The number of aryl methyl sites for hydroxylation is 3. The van der Waals surface area contributed by atoms with Gasteiger partial charge >= 0.3 is 0 Å². The highest BCUT2D eigenvalue weighted by atomic mass is 35.5. The second kappa shape index (κ2) is 18.9. The number of nitrogens with two attached hydrogens (primary N) is 1. The van der Waals surface area contributed by atoms with E-state index < -0.39 is 12.0 Å². The van der Waals surface area contributed by atoms with E-state index in [-0.39, 0.29) is 34.7 Å². The van der Waals surface area contributed by atoms with Crippen molar-refractivity contribution in [2.24, 2.45) is 5.73 Å². The molecule has 9 aromatic rings. The van der Waals surface area contributed by atoms with Gasteiger partial charge in [0, 0.05) is 89.1 Å². The Morgan fingerprint density at radius 2 is 1.20 bits per heavy atom. The van der Waals surface area contributed by atoms with Crippen LogP contribution in [0, 0.1) is 20.8 Å². The van der Waals surface area contributed by atoms with Crippen molar-refractivity contribution in [3.63, 3.8) is 0 Å². The molecule has 11 rings (SSSR count). The first-order valence-electron chi connectivity index (χ1n) is 22.2. The van der Waals surface area contributed by atoms with E-state index in [4.69, 9.17) is 26.8 Å². The summed E-state index contributed by atoms with van der Waals surface area (Å²) in [5.74, 6) is -0.0845. The molecule has 0 radical (unpaired) electrons. The van der Waals surface area contributed by atoms with Gasteiger partial charge in [0.1, 0.15) is 35.4 Å². The Kier molecular flexibility index (Phi) is 12.2. The lowest BCUT2D eigenvalue weighted by Gasteiger charge is -2.31. The number of primary amides is 1. The highest BCUT2D eigenvalue weighted by Crippen LogP contribution is 2.35. The summed E-state index contributed by atoms with van der Waals surface area (Å²) in [6, 6.07) is 27.2. The monoisotopic (exact) mass is 934 g/mol. The fourth-order valence-corrected chi connectivity index (χ4v) is 8.50. The molecule has 0 spiro atoms. The van der Waals surface area contributed by atoms with Crippen molar-refractivity contribution < 1.29 is 23.9 Å². The van der Waals surface area contributed by atoms with Crippen LogP contribution in [0.5, 0.6) is 0 Å². The number of benzene rings is 3. The summed E-state index contributed by atoms with van der Waals surface area (Å²) in [6.45, 7) is 7.08. The predicted molar refractivity (Wildman–Crippen MR) is 265 cm³/mol. The SMILES string of the molecule is Cc1ccncc1-c1ccc2cc(N(C(=O)[C@H]3CCO3)c3cc4ccc(-c5cnc(Cl)nc5C)cc4c(C(N)=O)n3)ncc2c1.Cc1ccncc1-c1ccc2cc(NC(=O)[C@@H]3CCO3)ncc2c1. The van der Waals surface area contributed by atoms with Crippen LogP contribution in [-0.4, -0.2) is 78.0 Å². The highest BCUT2D eigenvalue weighted by Gasteiger charge is 2.34. The number of nitrogens with one attached hydrogen (secondary N) is 1. The number of amides is 3. The maximum atomic E-state index is 13.8. The summed E-state index contributed by atoms with van der Waals surface area (Å²) in [5.41, 5.74) is 14.6. The van der Waals surface area contributed by atoms with Gasteiger partial charge in [-0.1, -0.05) is 36.4 Å².